The Morgan fingerprint density at radius 3 is 2.55 bits per heavy atom. The maximum absolute atomic E-state index is 6.27. The minimum Gasteiger partial charge on any atom is -0.246 e. The Bertz CT molecular complexity index is 672. The fourth-order valence-corrected chi connectivity index (χ4v) is 2.84. The molecule has 1 aliphatic rings. The van der Waals surface area contributed by atoms with Crippen LogP contribution in [-0.2, 0) is 10.6 Å². The fraction of sp³-hybridized carbons (Fsp3) is 0.278. The highest BCUT2D eigenvalue weighted by Gasteiger charge is 2.38. The lowest BCUT2D eigenvalue weighted by Gasteiger charge is -2.24. The molecular formula is C18H19ClN2O. The van der Waals surface area contributed by atoms with E-state index in [1.807, 2.05) is 42.5 Å². The monoisotopic (exact) mass is 314 g/mol. The first kappa shape index (κ1) is 15.1. The van der Waals surface area contributed by atoms with Gasteiger partial charge in [-0.2, -0.15) is 0 Å². The number of unbranched alkanes of at least 4 members (excludes halogenated alkanes) is 1. The molecule has 2 aromatic rings. The Labute approximate surface area is 135 Å². The molecule has 3 rings (SSSR count). The predicted molar refractivity (Wildman–Crippen MR) is 89.9 cm³/mol. The van der Waals surface area contributed by atoms with Crippen molar-refractivity contribution < 1.29 is 4.84 Å². The Hall–Kier alpha value is -1.84. The topological polar surface area (TPSA) is 33.6 Å². The third kappa shape index (κ3) is 2.87. The van der Waals surface area contributed by atoms with Gasteiger partial charge in [-0.15, -0.1) is 0 Å². The second-order valence-electron chi connectivity index (χ2n) is 5.40. The van der Waals surface area contributed by atoms with Crippen LogP contribution in [0.15, 0.2) is 59.6 Å². The lowest BCUT2D eigenvalue weighted by atomic mass is 9.97. The van der Waals surface area contributed by atoms with Crippen molar-refractivity contribution in [1.82, 2.24) is 5.48 Å². The highest BCUT2D eigenvalue weighted by molar-refractivity contribution is 6.34. The van der Waals surface area contributed by atoms with Crippen molar-refractivity contribution in [3.8, 4) is 0 Å². The van der Waals surface area contributed by atoms with Gasteiger partial charge in [0.2, 0.25) is 5.72 Å². The largest absolute Gasteiger partial charge is 0.246 e. The van der Waals surface area contributed by atoms with Gasteiger partial charge in [0, 0.05) is 17.5 Å². The van der Waals surface area contributed by atoms with Gasteiger partial charge < -0.3 is 0 Å². The maximum Gasteiger partial charge on any atom is 0.212 e. The minimum atomic E-state index is -0.675. The molecule has 0 saturated heterocycles. The van der Waals surface area contributed by atoms with Crippen LogP contribution in [0.1, 0.15) is 37.3 Å². The van der Waals surface area contributed by atoms with Gasteiger partial charge >= 0.3 is 0 Å². The molecule has 1 unspecified atom stereocenters. The number of aliphatic imine (C=N–C) groups is 1. The standard InChI is InChI=1S/C18H19ClN2O/c1-2-3-13-18(14-9-5-4-6-10-14)20-17(21-22-18)15-11-7-8-12-16(15)19/h4-12H,2-3,13H2,1H3,(H,20,21). The Morgan fingerprint density at radius 2 is 1.82 bits per heavy atom. The van der Waals surface area contributed by atoms with E-state index in [1.54, 1.807) is 0 Å². The van der Waals surface area contributed by atoms with E-state index in [-0.39, 0.29) is 0 Å². The first-order valence-corrected chi connectivity index (χ1v) is 7.97. The van der Waals surface area contributed by atoms with Crippen molar-refractivity contribution in [1.29, 1.82) is 0 Å². The van der Waals surface area contributed by atoms with E-state index in [0.29, 0.717) is 10.9 Å². The summed E-state index contributed by atoms with van der Waals surface area (Å²) >= 11 is 6.27. The lowest BCUT2D eigenvalue weighted by molar-refractivity contribution is -0.0662. The zero-order chi connectivity index (χ0) is 15.4. The van der Waals surface area contributed by atoms with Crippen LogP contribution in [0.25, 0.3) is 0 Å². The van der Waals surface area contributed by atoms with Gasteiger partial charge in [-0.3, -0.25) is 0 Å². The van der Waals surface area contributed by atoms with Crippen LogP contribution in [0.2, 0.25) is 5.02 Å². The SMILES string of the molecule is CCCCC1(c2ccccc2)N=C(c2ccccc2Cl)NO1. The van der Waals surface area contributed by atoms with E-state index in [0.717, 1.165) is 30.4 Å². The summed E-state index contributed by atoms with van der Waals surface area (Å²) in [4.78, 5) is 10.8. The number of nitrogens with one attached hydrogen (secondary N) is 1. The van der Waals surface area contributed by atoms with Crippen LogP contribution in [0.5, 0.6) is 0 Å². The van der Waals surface area contributed by atoms with Gasteiger partial charge in [0.25, 0.3) is 0 Å². The molecule has 22 heavy (non-hydrogen) atoms. The van der Waals surface area contributed by atoms with Crippen LogP contribution in [0.3, 0.4) is 0 Å². The minimum absolute atomic E-state index is 0.664. The molecule has 0 amide bonds. The van der Waals surface area contributed by atoms with Gasteiger partial charge in [-0.1, -0.05) is 67.4 Å². The lowest BCUT2D eigenvalue weighted by Crippen LogP contribution is -2.27. The summed E-state index contributed by atoms with van der Waals surface area (Å²) < 4.78 is 0. The molecule has 1 aliphatic heterocycles. The number of rotatable bonds is 5. The second-order valence-corrected chi connectivity index (χ2v) is 5.81. The number of benzene rings is 2. The zero-order valence-electron chi connectivity index (χ0n) is 12.6. The van der Waals surface area contributed by atoms with Crippen LogP contribution in [0, 0.1) is 0 Å². The summed E-state index contributed by atoms with van der Waals surface area (Å²) in [5.74, 6) is 0.686. The molecule has 1 N–H and O–H groups in total. The van der Waals surface area contributed by atoms with E-state index < -0.39 is 5.72 Å². The molecular weight excluding hydrogens is 296 g/mol. The molecule has 0 fully saturated rings. The van der Waals surface area contributed by atoms with Crippen LogP contribution >= 0.6 is 11.6 Å². The first-order chi connectivity index (χ1) is 10.7. The van der Waals surface area contributed by atoms with E-state index >= 15 is 0 Å². The Morgan fingerprint density at radius 1 is 1.09 bits per heavy atom. The number of halogens is 1. The summed E-state index contributed by atoms with van der Waals surface area (Å²) in [7, 11) is 0. The van der Waals surface area contributed by atoms with E-state index in [2.05, 4.69) is 24.5 Å². The van der Waals surface area contributed by atoms with Crippen molar-refractivity contribution >= 4 is 17.4 Å². The van der Waals surface area contributed by atoms with E-state index in [9.17, 15) is 0 Å². The Balaban J connectivity index is 2.00. The number of nitrogens with zero attached hydrogens (tertiary/aromatic N) is 1. The quantitative estimate of drug-likeness (QED) is 0.870. The first-order valence-electron chi connectivity index (χ1n) is 7.59. The molecule has 0 bridgehead atoms. The smallest absolute Gasteiger partial charge is 0.212 e. The maximum atomic E-state index is 6.27. The number of hydrogen-bond acceptors (Lipinski definition) is 3. The number of hydrogen-bond donors (Lipinski definition) is 1. The summed E-state index contributed by atoms with van der Waals surface area (Å²) in [6.45, 7) is 2.17. The molecule has 1 heterocycles. The van der Waals surface area contributed by atoms with Crippen LogP contribution in [0.4, 0.5) is 0 Å². The molecule has 0 saturated carbocycles. The highest BCUT2D eigenvalue weighted by Crippen LogP contribution is 2.36. The molecule has 0 aliphatic carbocycles. The van der Waals surface area contributed by atoms with Crippen molar-refractivity contribution in [2.24, 2.45) is 4.99 Å². The van der Waals surface area contributed by atoms with Gasteiger partial charge in [-0.25, -0.2) is 15.3 Å². The summed E-state index contributed by atoms with van der Waals surface area (Å²) in [6, 6.07) is 17.8. The van der Waals surface area contributed by atoms with Crippen LogP contribution < -0.4 is 5.48 Å². The molecule has 1 atom stereocenters. The Kier molecular flexibility index (Phi) is 4.46. The summed E-state index contributed by atoms with van der Waals surface area (Å²) in [5.41, 5.74) is 4.22. The highest BCUT2D eigenvalue weighted by atomic mass is 35.5. The molecule has 0 aromatic heterocycles. The van der Waals surface area contributed by atoms with Crippen molar-refractivity contribution in [3.05, 3.63) is 70.7 Å². The normalized spacial score (nSPS) is 20.5. The van der Waals surface area contributed by atoms with Gasteiger partial charge in [0.05, 0.1) is 5.02 Å². The molecule has 0 spiro atoms. The average Bonchev–Trinajstić information content (AvgIpc) is 3.00. The third-order valence-electron chi connectivity index (χ3n) is 3.83. The number of hydroxylamine groups is 1. The van der Waals surface area contributed by atoms with Gasteiger partial charge in [0.1, 0.15) is 0 Å². The van der Waals surface area contributed by atoms with Crippen LogP contribution in [-0.4, -0.2) is 5.84 Å². The fourth-order valence-electron chi connectivity index (χ4n) is 2.62. The molecule has 2 aromatic carbocycles. The number of amidine groups is 1. The van der Waals surface area contributed by atoms with Gasteiger partial charge in [0.15, 0.2) is 5.84 Å². The van der Waals surface area contributed by atoms with E-state index in [4.69, 9.17) is 21.4 Å². The average molecular weight is 315 g/mol. The van der Waals surface area contributed by atoms with Crippen molar-refractivity contribution in [3.63, 3.8) is 0 Å². The third-order valence-corrected chi connectivity index (χ3v) is 4.16. The summed E-state index contributed by atoms with van der Waals surface area (Å²) in [5, 5.41) is 0.664. The molecule has 4 heteroatoms. The predicted octanol–water partition coefficient (Wildman–Crippen LogP) is 4.66. The van der Waals surface area contributed by atoms with Crippen molar-refractivity contribution in [2.75, 3.05) is 0 Å². The van der Waals surface area contributed by atoms with Gasteiger partial charge in [-0.05, 0) is 18.6 Å². The second kappa shape index (κ2) is 6.51. The summed E-state index contributed by atoms with van der Waals surface area (Å²) in [6.07, 6.45) is 2.96. The molecule has 0 radical (unpaired) electrons. The molecule has 3 nitrogen and oxygen atoms in total. The van der Waals surface area contributed by atoms with Crippen molar-refractivity contribution in [2.45, 2.75) is 31.9 Å². The van der Waals surface area contributed by atoms with E-state index in [1.165, 1.54) is 0 Å². The zero-order valence-corrected chi connectivity index (χ0v) is 13.3. The molecule has 114 valence electrons.